The molecular weight excluding hydrogens is 768 g/mol. The maximum Gasteiger partial charge on any atom is 0.0260 e. The fourth-order valence-electron chi connectivity index (χ4n) is 7.22. The van der Waals surface area contributed by atoms with Gasteiger partial charge in [0.15, 0.2) is 0 Å². The smallest absolute Gasteiger partial charge is 0.0260 e. The Morgan fingerprint density at radius 2 is 0.489 bits per heavy atom. The maximum atomic E-state index is 3.75. The van der Waals surface area contributed by atoms with Gasteiger partial charge in [-0.2, -0.15) is 0 Å². The largest absolute Gasteiger partial charge is 0.0616 e. The number of fused-ring (bicyclic) bond motifs is 14. The molecule has 0 bridgehead atoms. The van der Waals surface area contributed by atoms with Gasteiger partial charge in [-0.1, -0.05) is 174 Å². The summed E-state index contributed by atoms with van der Waals surface area (Å²) in [7, 11) is 0. The van der Waals surface area contributed by atoms with E-state index in [-0.39, 0.29) is 0 Å². The zero-order chi connectivity index (χ0) is 31.9. The molecule has 10 aromatic carbocycles. The summed E-state index contributed by atoms with van der Waals surface area (Å²) in [5.41, 5.74) is 0. The van der Waals surface area contributed by atoms with Gasteiger partial charge in [0, 0.05) is 32.7 Å². The summed E-state index contributed by atoms with van der Waals surface area (Å²) in [6.07, 6.45) is 0. The van der Waals surface area contributed by atoms with Crippen molar-refractivity contribution < 1.29 is 0 Å². The Balaban J connectivity index is 0.000000131. The van der Waals surface area contributed by atoms with Crippen molar-refractivity contribution in [3.8, 4) is 0 Å². The average molecular weight is 795 g/mol. The fourth-order valence-corrected chi connectivity index (χ4v) is 7.79. The Labute approximate surface area is 296 Å². The van der Waals surface area contributed by atoms with Crippen molar-refractivity contribution >= 4 is 130 Å². The summed E-state index contributed by atoms with van der Waals surface area (Å²) in [5.74, 6) is 0. The molecule has 0 nitrogen and oxygen atoms in total. The number of hydrogen-bond donors (Lipinski definition) is 0. The molecule has 224 valence electrons. The SMILES string of the molecule is BrBr.Brc1cc2c(ccc3c4ccccc4ccc32)c2ccccc12.c1ccc2c(c1)ccc1c2ccc2c3ccccc3ccc21. The minimum absolute atomic E-state index is 1.15. The van der Waals surface area contributed by atoms with E-state index in [0.717, 1.165) is 4.47 Å². The third-order valence-corrected chi connectivity index (χ3v) is 10.0. The zero-order valence-corrected chi connectivity index (χ0v) is 30.0. The molecule has 10 rings (SSSR count). The second-order valence-electron chi connectivity index (χ2n) is 11.8. The van der Waals surface area contributed by atoms with Crippen LogP contribution in [0.3, 0.4) is 0 Å². The van der Waals surface area contributed by atoms with Gasteiger partial charge in [-0.05, 0) is 92.2 Å². The van der Waals surface area contributed by atoms with Gasteiger partial charge in [0.25, 0.3) is 0 Å². The van der Waals surface area contributed by atoms with Gasteiger partial charge in [0.2, 0.25) is 0 Å². The topological polar surface area (TPSA) is 0 Å². The highest BCUT2D eigenvalue weighted by molar-refractivity contribution is 9.93. The van der Waals surface area contributed by atoms with Gasteiger partial charge in [0.05, 0.1) is 0 Å². The molecule has 0 aliphatic heterocycles. The van der Waals surface area contributed by atoms with E-state index in [0.29, 0.717) is 0 Å². The first-order valence-corrected chi connectivity index (χ1v) is 20.0. The summed E-state index contributed by atoms with van der Waals surface area (Å²) in [5, 5.41) is 21.0. The van der Waals surface area contributed by atoms with Crippen molar-refractivity contribution in [3.63, 3.8) is 0 Å². The second-order valence-corrected chi connectivity index (χ2v) is 12.6. The van der Waals surface area contributed by atoms with E-state index < -0.39 is 0 Å². The van der Waals surface area contributed by atoms with Crippen LogP contribution < -0.4 is 0 Å². The first-order valence-electron chi connectivity index (χ1n) is 15.5. The Bertz CT molecular complexity index is 2690. The van der Waals surface area contributed by atoms with Crippen LogP contribution in [0.1, 0.15) is 0 Å². The van der Waals surface area contributed by atoms with Crippen molar-refractivity contribution in [2.24, 2.45) is 0 Å². The Morgan fingerprint density at radius 1 is 0.234 bits per heavy atom. The van der Waals surface area contributed by atoms with E-state index >= 15 is 0 Å². The summed E-state index contributed by atoms with van der Waals surface area (Å²) < 4.78 is 1.15. The van der Waals surface area contributed by atoms with E-state index in [1.165, 1.54) is 86.2 Å². The molecule has 0 fully saturated rings. The number of rotatable bonds is 0. The lowest BCUT2D eigenvalue weighted by atomic mass is 9.94. The van der Waals surface area contributed by atoms with Crippen LogP contribution >= 0.6 is 44.2 Å². The minimum atomic E-state index is 1.15. The Morgan fingerprint density at radius 3 is 0.894 bits per heavy atom. The summed E-state index contributed by atoms with van der Waals surface area (Å²) in [4.78, 5) is 0. The summed E-state index contributed by atoms with van der Waals surface area (Å²) in [6, 6.07) is 59.2. The molecule has 10 aromatic rings. The number of hydrogen-bond acceptors (Lipinski definition) is 0. The molecule has 0 radical (unpaired) electrons. The highest BCUT2D eigenvalue weighted by atomic mass is 80.9. The monoisotopic (exact) mass is 792 g/mol. The summed E-state index contributed by atoms with van der Waals surface area (Å²) in [6.45, 7) is 0. The number of benzene rings is 10. The van der Waals surface area contributed by atoms with Gasteiger partial charge in [-0.3, -0.25) is 0 Å². The van der Waals surface area contributed by atoms with Gasteiger partial charge in [0.1, 0.15) is 0 Å². The lowest BCUT2D eigenvalue weighted by Crippen LogP contribution is -1.83. The molecule has 47 heavy (non-hydrogen) atoms. The second kappa shape index (κ2) is 12.7. The van der Waals surface area contributed by atoms with Crippen LogP contribution in [-0.4, -0.2) is 0 Å². The van der Waals surface area contributed by atoms with Gasteiger partial charge in [-0.25, -0.2) is 0 Å². The standard InChI is InChI=1S/C22H13Br.C22H14.Br2/c23-22-13-21-18-10-9-14-5-1-2-6-15(14)17(18)11-12-19(21)16-7-3-4-8-20(16)22;1-3-7-17-15(5-1)9-11-21-19(17)13-14-20-18-8-4-2-6-16(18)10-12-22(20)21;1-2/h1-13H;1-14H;. The molecule has 0 aliphatic carbocycles. The van der Waals surface area contributed by atoms with E-state index in [9.17, 15) is 0 Å². The molecule has 0 unspecified atom stereocenters. The average Bonchev–Trinajstić information content (AvgIpc) is 3.15. The van der Waals surface area contributed by atoms with Crippen LogP contribution in [0.5, 0.6) is 0 Å². The normalized spacial score (nSPS) is 11.3. The van der Waals surface area contributed by atoms with Crippen LogP contribution in [0.25, 0.3) is 86.2 Å². The van der Waals surface area contributed by atoms with Crippen molar-refractivity contribution in [1.29, 1.82) is 0 Å². The van der Waals surface area contributed by atoms with Crippen LogP contribution in [0.4, 0.5) is 0 Å². The van der Waals surface area contributed by atoms with Crippen molar-refractivity contribution in [2.45, 2.75) is 0 Å². The lowest BCUT2D eigenvalue weighted by Gasteiger charge is -2.11. The minimum Gasteiger partial charge on any atom is -0.0616 e. The molecule has 0 heterocycles. The first kappa shape index (κ1) is 30.1. The number of halogens is 3. The van der Waals surface area contributed by atoms with Gasteiger partial charge >= 0.3 is 0 Å². The first-order chi connectivity index (χ1) is 23.2. The lowest BCUT2D eigenvalue weighted by molar-refractivity contribution is 1.75. The molecular formula is C44H27Br3. The van der Waals surface area contributed by atoms with E-state index in [4.69, 9.17) is 0 Å². The Hall–Kier alpha value is -4.28. The highest BCUT2D eigenvalue weighted by Gasteiger charge is 2.10. The van der Waals surface area contributed by atoms with E-state index in [1.54, 1.807) is 0 Å². The quantitative estimate of drug-likeness (QED) is 0.134. The molecule has 0 saturated carbocycles. The third-order valence-electron chi connectivity index (χ3n) is 9.36. The van der Waals surface area contributed by atoms with E-state index in [2.05, 4.69) is 208 Å². The predicted molar refractivity (Wildman–Crippen MR) is 218 cm³/mol. The van der Waals surface area contributed by atoms with E-state index in [1.807, 2.05) is 0 Å². The third kappa shape index (κ3) is 5.18. The van der Waals surface area contributed by atoms with Crippen LogP contribution in [0, 0.1) is 0 Å². The molecule has 0 atom stereocenters. The molecule has 3 heteroatoms. The molecule has 0 spiro atoms. The Kier molecular flexibility index (Phi) is 8.15. The van der Waals surface area contributed by atoms with Crippen LogP contribution in [0.2, 0.25) is 0 Å². The van der Waals surface area contributed by atoms with Crippen molar-refractivity contribution in [3.05, 3.63) is 168 Å². The van der Waals surface area contributed by atoms with Crippen molar-refractivity contribution in [2.75, 3.05) is 0 Å². The molecule has 0 amide bonds. The maximum absolute atomic E-state index is 3.75. The van der Waals surface area contributed by atoms with Gasteiger partial charge in [-0.15, -0.1) is 0 Å². The molecule has 0 saturated heterocycles. The van der Waals surface area contributed by atoms with Gasteiger partial charge < -0.3 is 0 Å². The molecule has 0 aromatic heterocycles. The van der Waals surface area contributed by atoms with Crippen LogP contribution in [0.15, 0.2) is 168 Å². The van der Waals surface area contributed by atoms with Crippen molar-refractivity contribution in [1.82, 2.24) is 0 Å². The highest BCUT2D eigenvalue weighted by Crippen LogP contribution is 2.38. The predicted octanol–water partition coefficient (Wildman–Crippen LogP) is 15.1. The van der Waals surface area contributed by atoms with Crippen LogP contribution in [-0.2, 0) is 0 Å². The molecule has 0 N–H and O–H groups in total. The molecule has 0 aliphatic rings. The fraction of sp³-hybridized carbons (Fsp3) is 0. The zero-order valence-electron chi connectivity index (χ0n) is 25.2. The summed E-state index contributed by atoms with van der Waals surface area (Å²) >= 11 is 9.25.